The number of anilines is 1. The number of hydrogen-bond acceptors (Lipinski definition) is 3. The number of nitrogens with zero attached hydrogens (tertiary/aromatic N) is 3. The zero-order valence-electron chi connectivity index (χ0n) is 15.5. The summed E-state index contributed by atoms with van der Waals surface area (Å²) in [5.41, 5.74) is 1.23. The molecule has 5 nitrogen and oxygen atoms in total. The predicted octanol–water partition coefficient (Wildman–Crippen LogP) is 2.52. The molecule has 0 radical (unpaired) electrons. The second-order valence-corrected chi connectivity index (χ2v) is 7.89. The van der Waals surface area contributed by atoms with E-state index in [9.17, 15) is 9.59 Å². The molecule has 0 aromatic heterocycles. The van der Waals surface area contributed by atoms with Crippen molar-refractivity contribution < 1.29 is 9.59 Å². The topological polar surface area (TPSA) is 43.9 Å². The van der Waals surface area contributed by atoms with Crippen molar-refractivity contribution in [3.63, 3.8) is 0 Å². The first-order valence-electron chi connectivity index (χ1n) is 10.1. The Hall–Kier alpha value is -2.04. The lowest BCUT2D eigenvalue weighted by Gasteiger charge is -2.26. The second-order valence-electron chi connectivity index (χ2n) is 7.89. The van der Waals surface area contributed by atoms with Crippen molar-refractivity contribution in [2.24, 2.45) is 5.92 Å². The Morgan fingerprint density at radius 2 is 1.69 bits per heavy atom. The van der Waals surface area contributed by atoms with Gasteiger partial charge in [0.1, 0.15) is 0 Å². The fraction of sp³-hybridized carbons (Fsp3) is 0.619. The van der Waals surface area contributed by atoms with Crippen molar-refractivity contribution in [2.45, 2.75) is 44.6 Å². The third-order valence-electron chi connectivity index (χ3n) is 6.20. The van der Waals surface area contributed by atoms with Crippen LogP contribution in [0.2, 0.25) is 0 Å². The van der Waals surface area contributed by atoms with Crippen LogP contribution < -0.4 is 4.90 Å². The first-order chi connectivity index (χ1) is 12.7. The van der Waals surface area contributed by atoms with Crippen LogP contribution in [-0.4, -0.2) is 60.4 Å². The summed E-state index contributed by atoms with van der Waals surface area (Å²) in [5, 5.41) is 0. The third-order valence-corrected chi connectivity index (χ3v) is 6.20. The van der Waals surface area contributed by atoms with Gasteiger partial charge < -0.3 is 14.7 Å². The van der Waals surface area contributed by atoms with Gasteiger partial charge in [-0.1, -0.05) is 31.0 Å². The van der Waals surface area contributed by atoms with Gasteiger partial charge in [-0.15, -0.1) is 0 Å². The lowest BCUT2D eigenvalue weighted by atomic mass is 10.1. The molecule has 0 N–H and O–H groups in total. The van der Waals surface area contributed by atoms with E-state index in [-0.39, 0.29) is 17.7 Å². The molecule has 4 rings (SSSR count). The maximum atomic E-state index is 13.0. The van der Waals surface area contributed by atoms with Crippen LogP contribution in [-0.2, 0) is 9.59 Å². The molecule has 0 bridgehead atoms. The summed E-state index contributed by atoms with van der Waals surface area (Å²) >= 11 is 0. The Balaban J connectivity index is 1.35. The van der Waals surface area contributed by atoms with Crippen LogP contribution in [0.15, 0.2) is 30.3 Å². The number of hydrogen-bond donors (Lipinski definition) is 0. The number of benzene rings is 1. The molecule has 0 unspecified atom stereocenters. The number of rotatable bonds is 3. The van der Waals surface area contributed by atoms with E-state index in [1.165, 1.54) is 18.5 Å². The fourth-order valence-electron chi connectivity index (χ4n) is 4.76. The van der Waals surface area contributed by atoms with Gasteiger partial charge in [0, 0.05) is 50.9 Å². The highest BCUT2D eigenvalue weighted by Crippen LogP contribution is 2.30. The number of amides is 2. The molecule has 3 aliphatic rings. The highest BCUT2D eigenvalue weighted by atomic mass is 16.2. The molecule has 2 saturated heterocycles. The minimum Gasteiger partial charge on any atom is -0.370 e. The predicted molar refractivity (Wildman–Crippen MR) is 102 cm³/mol. The van der Waals surface area contributed by atoms with E-state index in [1.807, 2.05) is 15.9 Å². The molecule has 1 aromatic carbocycles. The lowest BCUT2D eigenvalue weighted by molar-refractivity contribution is -0.135. The van der Waals surface area contributed by atoms with Crippen LogP contribution in [0.25, 0.3) is 0 Å². The Bertz CT molecular complexity index is 642. The molecule has 1 atom stereocenters. The zero-order chi connectivity index (χ0) is 17.9. The van der Waals surface area contributed by atoms with Crippen molar-refractivity contribution in [3.8, 4) is 0 Å². The molecule has 2 amide bonds. The normalized spacial score (nSPS) is 25.0. The summed E-state index contributed by atoms with van der Waals surface area (Å²) in [5.74, 6) is 0.246. The summed E-state index contributed by atoms with van der Waals surface area (Å²) in [6, 6.07) is 10.8. The Morgan fingerprint density at radius 3 is 2.46 bits per heavy atom. The number of carbonyl (C=O) groups excluding carboxylic acids is 2. The van der Waals surface area contributed by atoms with Crippen molar-refractivity contribution in [1.29, 1.82) is 0 Å². The quantitative estimate of drug-likeness (QED) is 0.837. The van der Waals surface area contributed by atoms with Gasteiger partial charge in [-0.3, -0.25) is 9.59 Å². The first-order valence-corrected chi connectivity index (χ1v) is 10.1. The van der Waals surface area contributed by atoms with Gasteiger partial charge in [0.2, 0.25) is 11.8 Å². The van der Waals surface area contributed by atoms with Crippen molar-refractivity contribution in [2.75, 3.05) is 37.6 Å². The molecule has 1 aliphatic carbocycles. The van der Waals surface area contributed by atoms with E-state index in [0.29, 0.717) is 19.0 Å². The van der Waals surface area contributed by atoms with Gasteiger partial charge >= 0.3 is 0 Å². The largest absolute Gasteiger partial charge is 0.370 e. The van der Waals surface area contributed by atoms with Gasteiger partial charge in [-0.25, -0.2) is 0 Å². The molecule has 2 heterocycles. The zero-order valence-corrected chi connectivity index (χ0v) is 15.5. The maximum absolute atomic E-state index is 13.0. The molecule has 1 saturated carbocycles. The van der Waals surface area contributed by atoms with Gasteiger partial charge in [-0.05, 0) is 31.4 Å². The summed E-state index contributed by atoms with van der Waals surface area (Å²) in [4.78, 5) is 31.8. The standard InChI is InChI=1S/C21H29N3O2/c25-20-15-17(16-24(20)19-9-4-5-10-19)21(26)23-12-6-11-22(13-14-23)18-7-2-1-3-8-18/h1-3,7-8,17,19H,4-6,9-16H2/t17-/m0/s1. The first kappa shape index (κ1) is 17.4. The molecule has 140 valence electrons. The molecule has 1 aromatic rings. The van der Waals surface area contributed by atoms with Crippen LogP contribution in [0.4, 0.5) is 5.69 Å². The summed E-state index contributed by atoms with van der Waals surface area (Å²) in [7, 11) is 0. The van der Waals surface area contributed by atoms with Gasteiger partial charge in [0.05, 0.1) is 5.92 Å². The van der Waals surface area contributed by atoms with Gasteiger partial charge in [-0.2, -0.15) is 0 Å². The third kappa shape index (κ3) is 3.57. The van der Waals surface area contributed by atoms with Crippen LogP contribution in [0.1, 0.15) is 38.5 Å². The summed E-state index contributed by atoms with van der Waals surface area (Å²) in [6.07, 6.45) is 6.05. The second kappa shape index (κ2) is 7.68. The van der Waals surface area contributed by atoms with E-state index < -0.39 is 0 Å². The molecule has 0 spiro atoms. The van der Waals surface area contributed by atoms with Crippen LogP contribution >= 0.6 is 0 Å². The van der Waals surface area contributed by atoms with Crippen molar-refractivity contribution >= 4 is 17.5 Å². The van der Waals surface area contributed by atoms with E-state index in [1.54, 1.807) is 0 Å². The average Bonchev–Trinajstić information content (AvgIpc) is 3.25. The minimum absolute atomic E-state index is 0.133. The lowest BCUT2D eigenvalue weighted by Crippen LogP contribution is -2.41. The monoisotopic (exact) mass is 355 g/mol. The molecule has 3 fully saturated rings. The fourth-order valence-corrected chi connectivity index (χ4v) is 4.76. The van der Waals surface area contributed by atoms with E-state index in [0.717, 1.165) is 45.4 Å². The molecular formula is C21H29N3O2. The summed E-state index contributed by atoms with van der Waals surface area (Å²) < 4.78 is 0. The molecule has 26 heavy (non-hydrogen) atoms. The number of likely N-dealkylation sites (tertiary alicyclic amines) is 1. The maximum Gasteiger partial charge on any atom is 0.228 e. The van der Waals surface area contributed by atoms with E-state index in [4.69, 9.17) is 0 Å². The highest BCUT2D eigenvalue weighted by Gasteiger charge is 2.40. The van der Waals surface area contributed by atoms with Gasteiger partial charge in [0.25, 0.3) is 0 Å². The molecule has 2 aliphatic heterocycles. The number of para-hydroxylation sites is 1. The molecule has 5 heteroatoms. The Labute approximate surface area is 155 Å². The van der Waals surface area contributed by atoms with Crippen LogP contribution in [0, 0.1) is 5.92 Å². The van der Waals surface area contributed by atoms with Gasteiger partial charge in [0.15, 0.2) is 0 Å². The van der Waals surface area contributed by atoms with Crippen LogP contribution in [0.3, 0.4) is 0 Å². The average molecular weight is 355 g/mol. The van der Waals surface area contributed by atoms with E-state index >= 15 is 0 Å². The molecular weight excluding hydrogens is 326 g/mol. The Kier molecular flexibility index (Phi) is 5.14. The Morgan fingerprint density at radius 1 is 0.923 bits per heavy atom. The smallest absolute Gasteiger partial charge is 0.228 e. The highest BCUT2D eigenvalue weighted by molar-refractivity contribution is 5.89. The summed E-state index contributed by atoms with van der Waals surface area (Å²) in [6.45, 7) is 4.04. The minimum atomic E-state index is -0.133. The van der Waals surface area contributed by atoms with Crippen LogP contribution in [0.5, 0.6) is 0 Å². The van der Waals surface area contributed by atoms with Crippen molar-refractivity contribution in [3.05, 3.63) is 30.3 Å². The SMILES string of the molecule is O=C([C@H]1CC(=O)N(C2CCCC2)C1)N1CCCN(c2ccccc2)CC1. The number of carbonyl (C=O) groups is 2. The van der Waals surface area contributed by atoms with E-state index in [2.05, 4.69) is 29.2 Å². The van der Waals surface area contributed by atoms with Crippen molar-refractivity contribution in [1.82, 2.24) is 9.80 Å².